The van der Waals surface area contributed by atoms with Crippen molar-refractivity contribution in [1.82, 2.24) is 9.88 Å². The molecule has 1 aromatic rings. The van der Waals surface area contributed by atoms with Gasteiger partial charge in [0.05, 0.1) is 0 Å². The maximum Gasteiger partial charge on any atom is 0.144 e. The van der Waals surface area contributed by atoms with Crippen LogP contribution >= 0.6 is 0 Å². The molecule has 0 aliphatic carbocycles. The lowest BCUT2D eigenvalue weighted by Crippen LogP contribution is -2.20. The molecule has 1 unspecified atom stereocenters. The van der Waals surface area contributed by atoms with Gasteiger partial charge in [0, 0.05) is 24.8 Å². The van der Waals surface area contributed by atoms with Crippen LogP contribution in [0, 0.1) is 17.2 Å². The molecule has 90 valence electrons. The minimum absolute atomic E-state index is 0.575. The summed E-state index contributed by atoms with van der Waals surface area (Å²) in [5.41, 5.74) is 1.64. The van der Waals surface area contributed by atoms with E-state index < -0.39 is 0 Å². The van der Waals surface area contributed by atoms with Crippen molar-refractivity contribution in [2.24, 2.45) is 5.92 Å². The molecule has 0 radical (unpaired) electrons. The zero-order chi connectivity index (χ0) is 12.1. The Hall–Kier alpha value is -1.40. The van der Waals surface area contributed by atoms with Gasteiger partial charge in [0.15, 0.2) is 0 Å². The van der Waals surface area contributed by atoms with Crippen molar-refractivity contribution >= 4 is 0 Å². The Kier molecular flexibility index (Phi) is 4.11. The fourth-order valence-corrected chi connectivity index (χ4v) is 2.61. The molecular weight excluding hydrogens is 210 g/mol. The first kappa shape index (κ1) is 12.1. The lowest BCUT2D eigenvalue weighted by Gasteiger charge is -2.16. The predicted octanol–water partition coefficient (Wildman–Crippen LogP) is 2.58. The van der Waals surface area contributed by atoms with Crippen LogP contribution < -0.4 is 0 Å². The van der Waals surface area contributed by atoms with Gasteiger partial charge in [-0.3, -0.25) is 4.90 Å². The van der Waals surface area contributed by atoms with Crippen molar-refractivity contribution in [2.45, 2.75) is 32.7 Å². The Balaban J connectivity index is 1.96. The standard InChI is InChI=1S/C14H19N3/c1-2-4-12-6-8-17(10-12)11-13-5-3-7-16-14(13)9-15/h3,5,7,12H,2,4,6,8,10-11H2,1H3. The van der Waals surface area contributed by atoms with Gasteiger partial charge < -0.3 is 0 Å². The SMILES string of the molecule is CCCC1CCN(Cc2cccnc2C#N)C1. The molecule has 1 fully saturated rings. The molecule has 17 heavy (non-hydrogen) atoms. The van der Waals surface area contributed by atoms with E-state index in [0.29, 0.717) is 5.69 Å². The molecule has 3 heteroatoms. The van der Waals surface area contributed by atoms with Gasteiger partial charge in [0.25, 0.3) is 0 Å². The minimum atomic E-state index is 0.575. The molecule has 1 atom stereocenters. The van der Waals surface area contributed by atoms with Gasteiger partial charge in [-0.15, -0.1) is 0 Å². The summed E-state index contributed by atoms with van der Waals surface area (Å²) in [5.74, 6) is 0.849. The van der Waals surface area contributed by atoms with E-state index in [9.17, 15) is 0 Å². The molecule has 1 aliphatic rings. The smallest absolute Gasteiger partial charge is 0.144 e. The summed E-state index contributed by atoms with van der Waals surface area (Å²) in [6.07, 6.45) is 5.59. The number of hydrogen-bond donors (Lipinski definition) is 0. The van der Waals surface area contributed by atoms with Crippen molar-refractivity contribution in [3.8, 4) is 6.07 Å². The molecule has 0 N–H and O–H groups in total. The number of hydrogen-bond acceptors (Lipinski definition) is 3. The number of aromatic nitrogens is 1. The van der Waals surface area contributed by atoms with Crippen LogP contribution in [0.25, 0.3) is 0 Å². The van der Waals surface area contributed by atoms with Crippen molar-refractivity contribution < 1.29 is 0 Å². The molecule has 2 heterocycles. The summed E-state index contributed by atoms with van der Waals surface area (Å²) in [5, 5.41) is 9.00. The second kappa shape index (κ2) is 5.79. The number of nitrogens with zero attached hydrogens (tertiary/aromatic N) is 3. The predicted molar refractivity (Wildman–Crippen MR) is 67.2 cm³/mol. The van der Waals surface area contributed by atoms with Crippen LogP contribution in [-0.2, 0) is 6.54 Å². The second-order valence-electron chi connectivity index (χ2n) is 4.80. The third kappa shape index (κ3) is 3.04. The molecule has 0 spiro atoms. The molecule has 1 saturated heterocycles. The Morgan fingerprint density at radius 3 is 3.24 bits per heavy atom. The Morgan fingerprint density at radius 2 is 2.47 bits per heavy atom. The lowest BCUT2D eigenvalue weighted by molar-refractivity contribution is 0.312. The Morgan fingerprint density at radius 1 is 1.59 bits per heavy atom. The van der Waals surface area contributed by atoms with Crippen LogP contribution in [-0.4, -0.2) is 23.0 Å². The van der Waals surface area contributed by atoms with Gasteiger partial charge in [-0.25, -0.2) is 4.98 Å². The van der Waals surface area contributed by atoms with Gasteiger partial charge in [-0.05, 0) is 31.4 Å². The van der Waals surface area contributed by atoms with Crippen LogP contribution in [0.1, 0.15) is 37.4 Å². The van der Waals surface area contributed by atoms with Crippen LogP contribution in [0.3, 0.4) is 0 Å². The van der Waals surface area contributed by atoms with E-state index in [2.05, 4.69) is 22.9 Å². The third-order valence-electron chi connectivity index (χ3n) is 3.46. The van der Waals surface area contributed by atoms with E-state index >= 15 is 0 Å². The average Bonchev–Trinajstić information content (AvgIpc) is 2.78. The van der Waals surface area contributed by atoms with Crippen LogP contribution in [0.4, 0.5) is 0 Å². The van der Waals surface area contributed by atoms with E-state index in [-0.39, 0.29) is 0 Å². The Bertz CT molecular complexity index is 408. The minimum Gasteiger partial charge on any atom is -0.299 e. The molecular formula is C14H19N3. The molecule has 1 aliphatic heterocycles. The molecule has 2 rings (SSSR count). The highest BCUT2D eigenvalue weighted by atomic mass is 15.1. The third-order valence-corrected chi connectivity index (χ3v) is 3.46. The summed E-state index contributed by atoms with van der Waals surface area (Å²) in [7, 11) is 0. The van der Waals surface area contributed by atoms with Crippen molar-refractivity contribution in [3.05, 3.63) is 29.6 Å². The summed E-state index contributed by atoms with van der Waals surface area (Å²) < 4.78 is 0. The van der Waals surface area contributed by atoms with Crippen LogP contribution in [0.2, 0.25) is 0 Å². The van der Waals surface area contributed by atoms with E-state index in [1.165, 1.54) is 25.8 Å². The number of pyridine rings is 1. The Labute approximate surface area is 103 Å². The molecule has 3 nitrogen and oxygen atoms in total. The first-order valence-electron chi connectivity index (χ1n) is 6.39. The van der Waals surface area contributed by atoms with Crippen LogP contribution in [0.5, 0.6) is 0 Å². The topological polar surface area (TPSA) is 39.9 Å². The van der Waals surface area contributed by atoms with Crippen molar-refractivity contribution in [3.63, 3.8) is 0 Å². The first-order valence-corrected chi connectivity index (χ1v) is 6.39. The largest absolute Gasteiger partial charge is 0.299 e. The van der Waals surface area contributed by atoms with Gasteiger partial charge in [-0.2, -0.15) is 5.26 Å². The fraction of sp³-hybridized carbons (Fsp3) is 0.571. The van der Waals surface area contributed by atoms with E-state index in [1.807, 2.05) is 12.1 Å². The highest BCUT2D eigenvalue weighted by Gasteiger charge is 2.22. The van der Waals surface area contributed by atoms with E-state index in [1.54, 1.807) is 6.20 Å². The maximum atomic E-state index is 9.00. The number of likely N-dealkylation sites (tertiary alicyclic amines) is 1. The van der Waals surface area contributed by atoms with E-state index in [4.69, 9.17) is 5.26 Å². The second-order valence-corrected chi connectivity index (χ2v) is 4.80. The molecule has 0 aromatic carbocycles. The fourth-order valence-electron chi connectivity index (χ4n) is 2.61. The molecule has 0 amide bonds. The van der Waals surface area contributed by atoms with Gasteiger partial charge in [0.1, 0.15) is 11.8 Å². The van der Waals surface area contributed by atoms with Gasteiger partial charge in [-0.1, -0.05) is 19.4 Å². The summed E-state index contributed by atoms with van der Waals surface area (Å²) in [4.78, 5) is 6.55. The van der Waals surface area contributed by atoms with Gasteiger partial charge in [0.2, 0.25) is 0 Å². The number of rotatable bonds is 4. The number of nitriles is 1. The summed E-state index contributed by atoms with van der Waals surface area (Å²) in [6.45, 7) is 5.45. The maximum absolute atomic E-state index is 9.00. The molecule has 0 saturated carbocycles. The van der Waals surface area contributed by atoms with Crippen molar-refractivity contribution in [2.75, 3.05) is 13.1 Å². The molecule has 0 bridgehead atoms. The monoisotopic (exact) mass is 229 g/mol. The highest BCUT2D eigenvalue weighted by Crippen LogP contribution is 2.22. The highest BCUT2D eigenvalue weighted by molar-refractivity contribution is 5.30. The van der Waals surface area contributed by atoms with Gasteiger partial charge >= 0.3 is 0 Å². The first-order chi connectivity index (χ1) is 8.33. The average molecular weight is 229 g/mol. The van der Waals surface area contributed by atoms with E-state index in [0.717, 1.165) is 24.6 Å². The molecule has 1 aromatic heterocycles. The normalized spacial score (nSPS) is 20.4. The quantitative estimate of drug-likeness (QED) is 0.796. The summed E-state index contributed by atoms with van der Waals surface area (Å²) >= 11 is 0. The lowest BCUT2D eigenvalue weighted by atomic mass is 10.0. The summed E-state index contributed by atoms with van der Waals surface area (Å²) in [6, 6.07) is 6.09. The van der Waals surface area contributed by atoms with Crippen molar-refractivity contribution in [1.29, 1.82) is 5.26 Å². The zero-order valence-corrected chi connectivity index (χ0v) is 10.4. The zero-order valence-electron chi connectivity index (χ0n) is 10.4. The van der Waals surface area contributed by atoms with Crippen LogP contribution in [0.15, 0.2) is 18.3 Å².